The predicted molar refractivity (Wildman–Crippen MR) is 83.6 cm³/mol. The van der Waals surface area contributed by atoms with Gasteiger partial charge in [0.05, 0.1) is 10.2 Å². The standard InChI is InChI=1S/C15H14BrF2N3O2/c16-12-13(15(17)18)20-21(14(12)8-4-5-8)7-11(23)19-9-2-1-3-10(22)6-9/h1-3,6,8,15,22H,4-5,7H2,(H,19,23). The molecular weight excluding hydrogens is 372 g/mol. The van der Waals surface area contributed by atoms with Crippen molar-refractivity contribution in [2.75, 3.05) is 5.32 Å². The van der Waals surface area contributed by atoms with Crippen molar-refractivity contribution in [3.63, 3.8) is 0 Å². The molecule has 0 bridgehead atoms. The predicted octanol–water partition coefficient (Wildman–Crippen LogP) is 3.80. The first-order valence-corrected chi connectivity index (χ1v) is 7.88. The number of phenols is 1. The van der Waals surface area contributed by atoms with Crippen LogP contribution in [0.5, 0.6) is 5.75 Å². The molecular formula is C15H14BrF2N3O2. The molecule has 5 nitrogen and oxygen atoms in total. The lowest BCUT2D eigenvalue weighted by molar-refractivity contribution is -0.117. The number of carbonyl (C=O) groups excluding carboxylic acids is 1. The third-order valence-corrected chi connectivity index (χ3v) is 4.36. The lowest BCUT2D eigenvalue weighted by Crippen LogP contribution is -2.21. The molecule has 1 aliphatic rings. The van der Waals surface area contributed by atoms with Crippen molar-refractivity contribution < 1.29 is 18.7 Å². The van der Waals surface area contributed by atoms with Crippen LogP contribution in [-0.4, -0.2) is 20.8 Å². The van der Waals surface area contributed by atoms with Gasteiger partial charge in [-0.2, -0.15) is 5.10 Å². The van der Waals surface area contributed by atoms with Crippen LogP contribution >= 0.6 is 15.9 Å². The molecule has 1 aromatic carbocycles. The van der Waals surface area contributed by atoms with Gasteiger partial charge in [0, 0.05) is 17.7 Å². The summed E-state index contributed by atoms with van der Waals surface area (Å²) in [6, 6.07) is 6.12. The Morgan fingerprint density at radius 3 is 2.83 bits per heavy atom. The Labute approximate surface area is 139 Å². The maximum atomic E-state index is 13.0. The van der Waals surface area contributed by atoms with Crippen LogP contribution in [0.1, 0.15) is 36.6 Å². The van der Waals surface area contributed by atoms with E-state index in [9.17, 15) is 18.7 Å². The highest BCUT2D eigenvalue weighted by atomic mass is 79.9. The molecule has 8 heteroatoms. The zero-order valence-electron chi connectivity index (χ0n) is 12.0. The van der Waals surface area contributed by atoms with Crippen molar-refractivity contribution in [2.24, 2.45) is 0 Å². The third-order valence-electron chi connectivity index (χ3n) is 3.55. The molecule has 1 saturated carbocycles. The second kappa shape index (κ2) is 6.27. The molecule has 0 unspecified atom stereocenters. The van der Waals surface area contributed by atoms with Gasteiger partial charge in [0.15, 0.2) is 0 Å². The van der Waals surface area contributed by atoms with Crippen molar-refractivity contribution in [3.8, 4) is 5.75 Å². The Balaban J connectivity index is 1.79. The second-order valence-corrected chi connectivity index (χ2v) is 6.21. The number of benzene rings is 1. The average Bonchev–Trinajstić information content (AvgIpc) is 3.24. The number of anilines is 1. The van der Waals surface area contributed by atoms with E-state index in [2.05, 4.69) is 26.3 Å². The van der Waals surface area contributed by atoms with Gasteiger partial charge in [-0.1, -0.05) is 6.07 Å². The molecule has 23 heavy (non-hydrogen) atoms. The zero-order chi connectivity index (χ0) is 16.6. The molecule has 122 valence electrons. The molecule has 1 fully saturated rings. The molecule has 0 spiro atoms. The highest BCUT2D eigenvalue weighted by Crippen LogP contribution is 2.45. The Morgan fingerprint density at radius 1 is 1.48 bits per heavy atom. The summed E-state index contributed by atoms with van der Waals surface area (Å²) in [5.41, 5.74) is 0.742. The minimum absolute atomic E-state index is 0.0308. The number of hydrogen-bond acceptors (Lipinski definition) is 3. The van der Waals surface area contributed by atoms with Gasteiger partial charge in [-0.3, -0.25) is 9.48 Å². The fourth-order valence-electron chi connectivity index (χ4n) is 2.40. The molecule has 2 aromatic rings. The van der Waals surface area contributed by atoms with Crippen LogP contribution in [0.2, 0.25) is 0 Å². The van der Waals surface area contributed by atoms with Crippen LogP contribution < -0.4 is 5.32 Å². The van der Waals surface area contributed by atoms with Gasteiger partial charge in [-0.05, 0) is 40.9 Å². The highest BCUT2D eigenvalue weighted by Gasteiger charge is 2.34. The number of aromatic nitrogens is 2. The summed E-state index contributed by atoms with van der Waals surface area (Å²) in [6.07, 6.45) is -0.889. The normalized spacial score (nSPS) is 14.3. The third kappa shape index (κ3) is 3.52. The average molecular weight is 386 g/mol. The summed E-state index contributed by atoms with van der Waals surface area (Å²) in [5, 5.41) is 15.9. The molecule has 0 radical (unpaired) electrons. The van der Waals surface area contributed by atoms with E-state index in [1.807, 2.05) is 0 Å². The van der Waals surface area contributed by atoms with Gasteiger partial charge >= 0.3 is 0 Å². The van der Waals surface area contributed by atoms with E-state index in [0.29, 0.717) is 15.9 Å². The van der Waals surface area contributed by atoms with Crippen molar-refractivity contribution in [1.82, 2.24) is 9.78 Å². The zero-order valence-corrected chi connectivity index (χ0v) is 13.6. The summed E-state index contributed by atoms with van der Waals surface area (Å²) in [5.74, 6) is -0.199. The van der Waals surface area contributed by atoms with E-state index >= 15 is 0 Å². The molecule has 1 heterocycles. The molecule has 1 amide bonds. The van der Waals surface area contributed by atoms with Gasteiger partial charge in [0.1, 0.15) is 18.0 Å². The summed E-state index contributed by atoms with van der Waals surface area (Å²) < 4.78 is 27.6. The summed E-state index contributed by atoms with van der Waals surface area (Å²) in [4.78, 5) is 12.1. The number of hydrogen-bond donors (Lipinski definition) is 2. The number of nitrogens with zero attached hydrogens (tertiary/aromatic N) is 2. The first kappa shape index (κ1) is 15.9. The van der Waals surface area contributed by atoms with Crippen molar-refractivity contribution in [1.29, 1.82) is 0 Å². The molecule has 1 aromatic heterocycles. The molecule has 0 saturated heterocycles. The van der Waals surface area contributed by atoms with Crippen LogP contribution in [0, 0.1) is 0 Å². The molecule has 2 N–H and O–H groups in total. The van der Waals surface area contributed by atoms with Crippen molar-refractivity contribution in [2.45, 2.75) is 31.7 Å². The van der Waals surface area contributed by atoms with Crippen LogP contribution in [0.25, 0.3) is 0 Å². The van der Waals surface area contributed by atoms with Crippen LogP contribution in [0.3, 0.4) is 0 Å². The summed E-state index contributed by atoms with van der Waals surface area (Å²) in [6.45, 7) is -0.160. The number of alkyl halides is 2. The number of nitrogens with one attached hydrogen (secondary N) is 1. The topological polar surface area (TPSA) is 67.2 Å². The number of amides is 1. The lowest BCUT2D eigenvalue weighted by Gasteiger charge is -2.08. The van der Waals surface area contributed by atoms with Crippen molar-refractivity contribution >= 4 is 27.5 Å². The lowest BCUT2D eigenvalue weighted by atomic mass is 10.2. The Hall–Kier alpha value is -1.96. The fourth-order valence-corrected chi connectivity index (χ4v) is 3.18. The van der Waals surface area contributed by atoms with E-state index in [-0.39, 0.29) is 23.9 Å². The highest BCUT2D eigenvalue weighted by molar-refractivity contribution is 9.10. The Bertz CT molecular complexity index is 744. The van der Waals surface area contributed by atoms with E-state index in [0.717, 1.165) is 12.8 Å². The largest absolute Gasteiger partial charge is 0.508 e. The van der Waals surface area contributed by atoms with Gasteiger partial charge in [-0.15, -0.1) is 0 Å². The van der Waals surface area contributed by atoms with E-state index in [1.165, 1.54) is 16.8 Å². The number of phenolic OH excluding ortho intramolecular Hbond substituents is 1. The first-order chi connectivity index (χ1) is 11.0. The first-order valence-electron chi connectivity index (χ1n) is 7.09. The van der Waals surface area contributed by atoms with Gasteiger partial charge in [-0.25, -0.2) is 8.78 Å². The van der Waals surface area contributed by atoms with Crippen LogP contribution in [0.4, 0.5) is 14.5 Å². The maximum Gasteiger partial charge on any atom is 0.283 e. The summed E-state index contributed by atoms with van der Waals surface area (Å²) >= 11 is 3.18. The Kier molecular flexibility index (Phi) is 4.34. The summed E-state index contributed by atoms with van der Waals surface area (Å²) in [7, 11) is 0. The number of rotatable bonds is 5. The van der Waals surface area contributed by atoms with E-state index in [1.54, 1.807) is 12.1 Å². The Morgan fingerprint density at radius 2 is 2.22 bits per heavy atom. The molecule has 0 atom stereocenters. The van der Waals surface area contributed by atoms with Gasteiger partial charge < -0.3 is 10.4 Å². The smallest absolute Gasteiger partial charge is 0.283 e. The van der Waals surface area contributed by atoms with E-state index in [4.69, 9.17) is 0 Å². The quantitative estimate of drug-likeness (QED) is 0.822. The molecule has 1 aliphatic carbocycles. The molecule has 3 rings (SSSR count). The minimum Gasteiger partial charge on any atom is -0.508 e. The number of carbonyl (C=O) groups is 1. The second-order valence-electron chi connectivity index (χ2n) is 5.42. The monoisotopic (exact) mass is 385 g/mol. The number of aromatic hydroxyl groups is 1. The fraction of sp³-hybridized carbons (Fsp3) is 0.333. The van der Waals surface area contributed by atoms with Crippen LogP contribution in [0.15, 0.2) is 28.7 Å². The maximum absolute atomic E-state index is 13.0. The van der Waals surface area contributed by atoms with Crippen molar-refractivity contribution in [3.05, 3.63) is 40.1 Å². The number of halogens is 3. The SMILES string of the molecule is O=C(Cn1nc(C(F)F)c(Br)c1C1CC1)Nc1cccc(O)c1. The van der Waals surface area contributed by atoms with Gasteiger partial charge in [0.25, 0.3) is 6.43 Å². The van der Waals surface area contributed by atoms with Crippen LogP contribution in [-0.2, 0) is 11.3 Å². The minimum atomic E-state index is -2.70. The van der Waals surface area contributed by atoms with Gasteiger partial charge in [0.2, 0.25) is 5.91 Å². The molecule has 0 aliphatic heterocycles. The van der Waals surface area contributed by atoms with E-state index < -0.39 is 12.3 Å².